The first kappa shape index (κ1) is 13.6. The molecule has 1 rings (SSSR count). The van der Waals surface area contributed by atoms with Gasteiger partial charge in [-0.15, -0.1) is 0 Å². The maximum atomic E-state index is 9.64. The van der Waals surface area contributed by atoms with E-state index in [-0.39, 0.29) is 6.10 Å². The molecule has 16 heavy (non-hydrogen) atoms. The van der Waals surface area contributed by atoms with Gasteiger partial charge in [-0.1, -0.05) is 31.2 Å². The number of hydrogen-bond acceptors (Lipinski definition) is 3. The Balaban J connectivity index is 2.23. The van der Waals surface area contributed by atoms with Gasteiger partial charge in [-0.2, -0.15) is 11.8 Å². The molecule has 0 aliphatic heterocycles. The van der Waals surface area contributed by atoms with E-state index in [0.29, 0.717) is 6.54 Å². The average Bonchev–Trinajstić information content (AvgIpc) is 2.29. The zero-order valence-corrected chi connectivity index (χ0v) is 10.9. The highest BCUT2D eigenvalue weighted by atomic mass is 32.2. The second-order valence-corrected chi connectivity index (χ2v) is 4.93. The van der Waals surface area contributed by atoms with Gasteiger partial charge in [-0.05, 0) is 24.6 Å². The van der Waals surface area contributed by atoms with E-state index >= 15 is 0 Å². The number of nitrogens with one attached hydrogen (secondary N) is 1. The van der Waals surface area contributed by atoms with Gasteiger partial charge in [0.25, 0.3) is 0 Å². The molecule has 0 heterocycles. The lowest BCUT2D eigenvalue weighted by molar-refractivity contribution is 0.197. The Hall–Kier alpha value is -0.510. The van der Waals surface area contributed by atoms with Crippen molar-refractivity contribution in [1.29, 1.82) is 0 Å². The summed E-state index contributed by atoms with van der Waals surface area (Å²) in [6.45, 7) is 5.79. The van der Waals surface area contributed by atoms with Crippen molar-refractivity contribution in [3.05, 3.63) is 35.4 Å². The van der Waals surface area contributed by atoms with E-state index < -0.39 is 0 Å². The van der Waals surface area contributed by atoms with Crippen molar-refractivity contribution >= 4 is 11.8 Å². The quantitative estimate of drug-likeness (QED) is 0.765. The molecule has 0 radical (unpaired) electrons. The monoisotopic (exact) mass is 239 g/mol. The van der Waals surface area contributed by atoms with E-state index in [1.807, 2.05) is 6.92 Å². The summed E-state index contributed by atoms with van der Waals surface area (Å²) in [6, 6.07) is 8.41. The van der Waals surface area contributed by atoms with E-state index in [9.17, 15) is 5.11 Å². The summed E-state index contributed by atoms with van der Waals surface area (Å²) in [4.78, 5) is 0. The minimum Gasteiger partial charge on any atom is -0.391 e. The number of aliphatic hydroxyl groups excluding tert-OH is 1. The Morgan fingerprint density at radius 2 is 2.12 bits per heavy atom. The third-order valence-corrected chi connectivity index (χ3v) is 3.59. The molecule has 0 fully saturated rings. The Morgan fingerprint density at radius 3 is 2.81 bits per heavy atom. The van der Waals surface area contributed by atoms with Gasteiger partial charge in [0, 0.05) is 18.1 Å². The summed E-state index contributed by atoms with van der Waals surface area (Å²) in [7, 11) is 0. The highest BCUT2D eigenvalue weighted by molar-refractivity contribution is 7.98. The maximum Gasteiger partial charge on any atom is 0.0754 e. The first-order valence-electron chi connectivity index (χ1n) is 5.75. The maximum absolute atomic E-state index is 9.64. The first-order valence-corrected chi connectivity index (χ1v) is 6.90. The molecule has 3 heteroatoms. The number of rotatable bonds is 7. The number of aliphatic hydroxyl groups is 1. The normalized spacial score (nSPS) is 12.7. The van der Waals surface area contributed by atoms with Gasteiger partial charge in [0.2, 0.25) is 0 Å². The molecule has 0 amide bonds. The minimum absolute atomic E-state index is 0.242. The Morgan fingerprint density at radius 1 is 1.38 bits per heavy atom. The summed E-state index contributed by atoms with van der Waals surface area (Å²) in [5.74, 6) is 1.77. The molecule has 0 spiro atoms. The highest BCUT2D eigenvalue weighted by Crippen LogP contribution is 2.16. The van der Waals surface area contributed by atoms with Gasteiger partial charge >= 0.3 is 0 Å². The van der Waals surface area contributed by atoms with Gasteiger partial charge in [0.1, 0.15) is 0 Å². The Bertz CT molecular complexity index is 304. The van der Waals surface area contributed by atoms with Gasteiger partial charge < -0.3 is 10.4 Å². The van der Waals surface area contributed by atoms with Crippen LogP contribution in [0.3, 0.4) is 0 Å². The lowest BCUT2D eigenvalue weighted by Crippen LogP contribution is -2.28. The molecule has 0 aliphatic carbocycles. The van der Waals surface area contributed by atoms with Crippen molar-refractivity contribution in [2.75, 3.05) is 18.8 Å². The highest BCUT2D eigenvalue weighted by Gasteiger charge is 2.04. The van der Waals surface area contributed by atoms with Crippen LogP contribution in [0.15, 0.2) is 24.3 Å². The number of aryl methyl sites for hydroxylation is 1. The molecule has 1 atom stereocenters. The Labute approximate surface area is 102 Å². The largest absolute Gasteiger partial charge is 0.391 e. The second kappa shape index (κ2) is 7.71. The topological polar surface area (TPSA) is 32.3 Å². The molecule has 1 unspecified atom stereocenters. The minimum atomic E-state index is -0.242. The van der Waals surface area contributed by atoms with E-state index in [1.165, 1.54) is 11.1 Å². The van der Waals surface area contributed by atoms with Crippen LogP contribution in [0.5, 0.6) is 0 Å². The fourth-order valence-corrected chi connectivity index (χ4v) is 2.50. The lowest BCUT2D eigenvalue weighted by atomic mass is 10.1. The summed E-state index contributed by atoms with van der Waals surface area (Å²) in [5, 5.41) is 12.8. The summed E-state index contributed by atoms with van der Waals surface area (Å²) >= 11 is 1.79. The third-order valence-electron chi connectivity index (χ3n) is 2.46. The number of thioether (sulfide) groups is 1. The third kappa shape index (κ3) is 5.01. The van der Waals surface area contributed by atoms with E-state index in [4.69, 9.17) is 0 Å². The van der Waals surface area contributed by atoms with Crippen LogP contribution in [-0.2, 0) is 5.75 Å². The van der Waals surface area contributed by atoms with Crippen molar-refractivity contribution < 1.29 is 5.11 Å². The van der Waals surface area contributed by atoms with Crippen molar-refractivity contribution in [3.63, 3.8) is 0 Å². The van der Waals surface area contributed by atoms with Crippen LogP contribution in [-0.4, -0.2) is 30.1 Å². The summed E-state index contributed by atoms with van der Waals surface area (Å²) in [5.41, 5.74) is 2.69. The molecule has 0 saturated carbocycles. The van der Waals surface area contributed by atoms with Gasteiger partial charge in [-0.25, -0.2) is 0 Å². The van der Waals surface area contributed by atoms with Gasteiger partial charge in [-0.3, -0.25) is 0 Å². The molecule has 0 aromatic heterocycles. The molecule has 1 aromatic carbocycles. The zero-order chi connectivity index (χ0) is 11.8. The van der Waals surface area contributed by atoms with E-state index in [2.05, 4.69) is 36.5 Å². The van der Waals surface area contributed by atoms with E-state index in [1.54, 1.807) is 11.8 Å². The molecule has 2 N–H and O–H groups in total. The molecule has 0 bridgehead atoms. The van der Waals surface area contributed by atoms with Crippen LogP contribution in [0.4, 0.5) is 0 Å². The molecule has 0 aliphatic rings. The molecule has 2 nitrogen and oxygen atoms in total. The average molecular weight is 239 g/mol. The number of benzene rings is 1. The van der Waals surface area contributed by atoms with Crippen molar-refractivity contribution in [2.24, 2.45) is 0 Å². The SMILES string of the molecule is CCNCC(O)CSCc1ccccc1C. The Kier molecular flexibility index (Phi) is 6.53. The lowest BCUT2D eigenvalue weighted by Gasteiger charge is -2.11. The van der Waals surface area contributed by atoms with Crippen LogP contribution in [0.25, 0.3) is 0 Å². The molecule has 0 saturated heterocycles. The van der Waals surface area contributed by atoms with Crippen LogP contribution < -0.4 is 5.32 Å². The van der Waals surface area contributed by atoms with E-state index in [0.717, 1.165) is 18.1 Å². The fourth-order valence-electron chi connectivity index (χ4n) is 1.45. The summed E-state index contributed by atoms with van der Waals surface area (Å²) < 4.78 is 0. The fraction of sp³-hybridized carbons (Fsp3) is 0.538. The van der Waals surface area contributed by atoms with Crippen molar-refractivity contribution in [1.82, 2.24) is 5.32 Å². The summed E-state index contributed by atoms with van der Waals surface area (Å²) in [6.07, 6.45) is -0.242. The van der Waals surface area contributed by atoms with Crippen LogP contribution in [0.1, 0.15) is 18.1 Å². The van der Waals surface area contributed by atoms with Gasteiger partial charge in [0.05, 0.1) is 6.10 Å². The van der Waals surface area contributed by atoms with Gasteiger partial charge in [0.15, 0.2) is 0 Å². The molecular weight excluding hydrogens is 218 g/mol. The van der Waals surface area contributed by atoms with Crippen LogP contribution in [0.2, 0.25) is 0 Å². The predicted molar refractivity (Wildman–Crippen MR) is 71.9 cm³/mol. The zero-order valence-electron chi connectivity index (χ0n) is 10.1. The van der Waals surface area contributed by atoms with Crippen LogP contribution in [0, 0.1) is 6.92 Å². The van der Waals surface area contributed by atoms with Crippen molar-refractivity contribution in [3.8, 4) is 0 Å². The smallest absolute Gasteiger partial charge is 0.0754 e. The predicted octanol–water partition coefficient (Wildman–Crippen LogP) is 2.20. The number of hydrogen-bond donors (Lipinski definition) is 2. The second-order valence-electron chi connectivity index (χ2n) is 3.90. The number of likely N-dealkylation sites (N-methyl/N-ethyl adjacent to an activating group) is 1. The standard InChI is InChI=1S/C13H21NOS/c1-3-14-8-13(15)10-16-9-12-7-5-4-6-11(12)2/h4-7,13-15H,3,8-10H2,1-2H3. The van der Waals surface area contributed by atoms with Crippen LogP contribution >= 0.6 is 11.8 Å². The molecular formula is C13H21NOS. The molecule has 90 valence electrons. The first-order chi connectivity index (χ1) is 7.74. The molecule has 1 aromatic rings. The van der Waals surface area contributed by atoms with Crippen molar-refractivity contribution in [2.45, 2.75) is 25.7 Å².